The minimum Gasteiger partial charge on any atom is -0.489 e. The van der Waals surface area contributed by atoms with Gasteiger partial charge < -0.3 is 14.2 Å². The van der Waals surface area contributed by atoms with Crippen LogP contribution in [0.25, 0.3) is 0 Å². The van der Waals surface area contributed by atoms with Crippen LogP contribution in [0, 0.1) is 15.7 Å². The molecule has 2 aliphatic rings. The second-order valence-electron chi connectivity index (χ2n) is 6.18. The Kier molecular flexibility index (Phi) is 7.04. The van der Waals surface area contributed by atoms with Crippen molar-refractivity contribution in [3.8, 4) is 0 Å². The number of nitrogens with one attached hydrogen (secondary N) is 1. The third kappa shape index (κ3) is 4.27. The Hall–Kier alpha value is -3.02. The minimum atomic E-state index is -0.853. The van der Waals surface area contributed by atoms with Crippen molar-refractivity contribution in [2.75, 3.05) is 27.4 Å². The van der Waals surface area contributed by atoms with Crippen molar-refractivity contribution >= 4 is 11.6 Å². The molecule has 2 N–H and O–H groups in total. The maximum absolute atomic E-state index is 12.7. The Morgan fingerprint density at radius 1 is 1.21 bits per heavy atom. The fourth-order valence-corrected chi connectivity index (χ4v) is 3.35. The third-order valence-corrected chi connectivity index (χ3v) is 4.76. The Morgan fingerprint density at radius 3 is 2.43 bits per heavy atom. The average Bonchev–Trinajstić information content (AvgIpc) is 3.03. The lowest BCUT2D eigenvalue weighted by molar-refractivity contribution is -0.982. The molecule has 0 saturated carbocycles. The van der Waals surface area contributed by atoms with Gasteiger partial charge in [-0.1, -0.05) is 0 Å². The summed E-state index contributed by atoms with van der Waals surface area (Å²) in [6.07, 6.45) is -0.976. The molecule has 2 rings (SSSR count). The second-order valence-corrected chi connectivity index (χ2v) is 6.18. The zero-order valence-electron chi connectivity index (χ0n) is 15.6. The first kappa shape index (κ1) is 21.3. The molecular formula is C16H22N2O10+2. The van der Waals surface area contributed by atoms with Crippen molar-refractivity contribution in [2.24, 2.45) is 5.92 Å². The number of rotatable bonds is 10. The van der Waals surface area contributed by atoms with Crippen molar-refractivity contribution in [1.82, 2.24) is 0 Å². The van der Waals surface area contributed by atoms with E-state index in [0.29, 0.717) is 0 Å². The number of carbonyl (C=O) groups excluding carboxylic acids is 2. The highest BCUT2D eigenvalue weighted by Crippen LogP contribution is 2.32. The van der Waals surface area contributed by atoms with Crippen molar-refractivity contribution in [1.29, 1.82) is 0 Å². The number of carbonyl (C=O) groups is 2. The fraction of sp³-hybridized carbons (Fsp3) is 0.625. The summed E-state index contributed by atoms with van der Waals surface area (Å²) >= 11 is 0. The van der Waals surface area contributed by atoms with E-state index in [0.717, 1.165) is 0 Å². The number of nitrogens with zero attached hydrogens (tertiary/aromatic N) is 1. The second kappa shape index (κ2) is 9.26. The summed E-state index contributed by atoms with van der Waals surface area (Å²) in [6.45, 7) is 1.33. The van der Waals surface area contributed by atoms with Crippen molar-refractivity contribution in [2.45, 2.75) is 32.0 Å². The van der Waals surface area contributed by atoms with E-state index in [-0.39, 0.29) is 48.7 Å². The molecule has 0 amide bonds. The Balaban J connectivity index is 2.14. The van der Waals surface area contributed by atoms with Crippen LogP contribution >= 0.6 is 0 Å². The highest BCUT2D eigenvalue weighted by molar-refractivity contribution is 6.23. The molecule has 1 aliphatic heterocycles. The number of hydrogen-bond donors (Lipinski definition) is 2. The zero-order valence-corrected chi connectivity index (χ0v) is 15.6. The Labute approximate surface area is 159 Å². The fourth-order valence-electron chi connectivity index (χ4n) is 3.35. The molecule has 0 radical (unpaired) electrons. The molecule has 0 aromatic rings. The van der Waals surface area contributed by atoms with Gasteiger partial charge in [0.25, 0.3) is 0 Å². The molecule has 0 aromatic heterocycles. The summed E-state index contributed by atoms with van der Waals surface area (Å²) < 4.78 is 15.6. The minimum absolute atomic E-state index is 0.0290. The molecule has 0 aromatic carbocycles. The van der Waals surface area contributed by atoms with Crippen LogP contribution in [0.1, 0.15) is 19.8 Å². The smallest absolute Gasteiger partial charge is 0.475 e. The van der Waals surface area contributed by atoms with Crippen LogP contribution in [-0.4, -0.2) is 61.5 Å². The zero-order chi connectivity index (χ0) is 20.8. The van der Waals surface area contributed by atoms with Crippen molar-refractivity contribution in [3.63, 3.8) is 0 Å². The predicted octanol–water partition coefficient (Wildman–Crippen LogP) is -0.999. The van der Waals surface area contributed by atoms with Crippen molar-refractivity contribution in [3.05, 3.63) is 32.5 Å². The van der Waals surface area contributed by atoms with Crippen LogP contribution in [-0.2, 0) is 33.5 Å². The van der Waals surface area contributed by atoms with Crippen LogP contribution in [0.4, 0.5) is 0 Å². The predicted molar refractivity (Wildman–Crippen MR) is 86.8 cm³/mol. The molecule has 1 aliphatic carbocycles. The van der Waals surface area contributed by atoms with Gasteiger partial charge in [-0.05, 0) is 19.8 Å². The normalized spacial score (nSPS) is 25.0. The van der Waals surface area contributed by atoms with E-state index in [1.807, 2.05) is 0 Å². The lowest BCUT2D eigenvalue weighted by atomic mass is 9.87. The molecule has 0 spiro atoms. The van der Waals surface area contributed by atoms with Crippen LogP contribution in [0.5, 0.6) is 0 Å². The standard InChI is InChI=1S/C16H22N2O10/c1-8-9(14(20)16(25-3)15(24-2)13(8)19)4-5-11-10(6-27-17-21)12(7-26-11)28-18(22)23/h10-12,17H,4-7H2,1-3H3,(H,22,23)/q+2/t10-,11?,12?/m0/s1. The lowest BCUT2D eigenvalue weighted by Gasteiger charge is -2.22. The van der Waals surface area contributed by atoms with E-state index in [1.165, 1.54) is 26.5 Å². The molecule has 12 heteroatoms. The van der Waals surface area contributed by atoms with Crippen LogP contribution < -0.4 is 5.34 Å². The van der Waals surface area contributed by atoms with Gasteiger partial charge >= 0.3 is 5.09 Å². The maximum atomic E-state index is 12.7. The number of allylic oxidation sites excluding steroid dienone is 2. The Morgan fingerprint density at radius 2 is 1.86 bits per heavy atom. The first-order valence-electron chi connectivity index (χ1n) is 8.40. The van der Waals surface area contributed by atoms with Crippen molar-refractivity contribution < 1.29 is 49.1 Å². The van der Waals surface area contributed by atoms with Gasteiger partial charge in [0, 0.05) is 11.1 Å². The third-order valence-electron chi connectivity index (χ3n) is 4.76. The van der Waals surface area contributed by atoms with Gasteiger partial charge in [0.05, 0.1) is 37.8 Å². The maximum Gasteiger partial charge on any atom is 0.475 e. The summed E-state index contributed by atoms with van der Waals surface area (Å²) in [4.78, 5) is 55.5. The summed E-state index contributed by atoms with van der Waals surface area (Å²) in [7, 11) is 2.55. The highest BCUT2D eigenvalue weighted by atomic mass is 17.0. The van der Waals surface area contributed by atoms with Gasteiger partial charge in [-0.2, -0.15) is 4.84 Å². The van der Waals surface area contributed by atoms with Crippen LogP contribution in [0.2, 0.25) is 0 Å². The van der Waals surface area contributed by atoms with Gasteiger partial charge in [0.1, 0.15) is 4.91 Å². The SMILES string of the molecule is COC1=C(OC)C(=O)C(CCC2OCC(O[N+](=O)O)[C@H]2CO[NH+]=O)=C(C)C1=O. The summed E-state index contributed by atoms with van der Waals surface area (Å²) in [6, 6.07) is 0. The molecule has 1 fully saturated rings. The molecule has 1 heterocycles. The van der Waals surface area contributed by atoms with Gasteiger partial charge in [-0.3, -0.25) is 9.59 Å². The molecule has 154 valence electrons. The number of ether oxygens (including phenoxy) is 3. The van der Waals surface area contributed by atoms with E-state index in [9.17, 15) is 19.4 Å². The number of methoxy groups -OCH3 is 2. The Bertz CT molecular complexity index is 729. The number of hydrogen-bond acceptors (Lipinski definition) is 9. The first-order chi connectivity index (χ1) is 13.3. The monoisotopic (exact) mass is 402 g/mol. The highest BCUT2D eigenvalue weighted by Gasteiger charge is 2.45. The van der Waals surface area contributed by atoms with E-state index in [1.54, 1.807) is 0 Å². The van der Waals surface area contributed by atoms with E-state index < -0.39 is 34.8 Å². The summed E-state index contributed by atoms with van der Waals surface area (Å²) in [5.41, 5.74) is 0.494. The molecule has 1 saturated heterocycles. The summed E-state index contributed by atoms with van der Waals surface area (Å²) in [5.74, 6) is -1.80. The largest absolute Gasteiger partial charge is 0.489 e. The number of Topliss-reactive ketones (excluding diaryl/α,β-unsaturated/α-hetero) is 2. The summed E-state index contributed by atoms with van der Waals surface area (Å²) in [5, 5.41) is 9.33. The van der Waals surface area contributed by atoms with Gasteiger partial charge in [-0.15, -0.1) is 0 Å². The molecule has 0 bridgehead atoms. The molecular weight excluding hydrogens is 380 g/mol. The lowest BCUT2D eigenvalue weighted by Crippen LogP contribution is -2.64. The molecule has 3 atom stereocenters. The van der Waals surface area contributed by atoms with E-state index >= 15 is 0 Å². The van der Waals surface area contributed by atoms with E-state index in [4.69, 9.17) is 19.4 Å². The van der Waals surface area contributed by atoms with Gasteiger partial charge in [0.2, 0.25) is 34.5 Å². The topological polar surface area (TPSA) is 152 Å². The number of ketones is 2. The van der Waals surface area contributed by atoms with E-state index in [2.05, 4.69) is 9.68 Å². The van der Waals surface area contributed by atoms with Gasteiger partial charge in [0.15, 0.2) is 6.61 Å². The van der Waals surface area contributed by atoms with Crippen LogP contribution in [0.15, 0.2) is 22.7 Å². The first-order valence-corrected chi connectivity index (χ1v) is 8.40. The quantitative estimate of drug-likeness (QED) is 0.344. The molecule has 12 nitrogen and oxygen atoms in total. The average molecular weight is 402 g/mol. The van der Waals surface area contributed by atoms with Gasteiger partial charge in [-0.25, -0.2) is 10.0 Å². The molecule has 2 unspecified atom stereocenters. The van der Waals surface area contributed by atoms with Crippen LogP contribution in [0.3, 0.4) is 0 Å². The molecule has 28 heavy (non-hydrogen) atoms.